The summed E-state index contributed by atoms with van der Waals surface area (Å²) >= 11 is 0. The SMILES string of the molecule is COCCC(C)(NCC(=O)OC)C(=O)O. The summed E-state index contributed by atoms with van der Waals surface area (Å²) in [6.07, 6.45) is 0.274. The summed E-state index contributed by atoms with van der Waals surface area (Å²) in [5, 5.41) is 11.6. The number of carboxylic acid groups (broad SMARTS) is 1. The van der Waals surface area contributed by atoms with E-state index in [0.29, 0.717) is 6.61 Å². The third-order valence-electron chi connectivity index (χ3n) is 2.13. The van der Waals surface area contributed by atoms with E-state index in [9.17, 15) is 9.59 Å². The summed E-state index contributed by atoms with van der Waals surface area (Å²) in [4.78, 5) is 21.8. The van der Waals surface area contributed by atoms with Crippen molar-refractivity contribution in [1.29, 1.82) is 0 Å². The predicted molar refractivity (Wildman–Crippen MR) is 52.6 cm³/mol. The van der Waals surface area contributed by atoms with Gasteiger partial charge < -0.3 is 14.6 Å². The largest absolute Gasteiger partial charge is 0.480 e. The summed E-state index contributed by atoms with van der Waals surface area (Å²) in [7, 11) is 2.74. The van der Waals surface area contributed by atoms with E-state index in [1.54, 1.807) is 0 Å². The Labute approximate surface area is 88.6 Å². The lowest BCUT2D eigenvalue weighted by molar-refractivity contribution is -0.146. The van der Waals surface area contributed by atoms with Gasteiger partial charge in [-0.25, -0.2) is 0 Å². The van der Waals surface area contributed by atoms with Crippen LogP contribution in [-0.2, 0) is 19.1 Å². The Bertz CT molecular complexity index is 231. The lowest BCUT2D eigenvalue weighted by Gasteiger charge is -2.25. The van der Waals surface area contributed by atoms with Crippen molar-refractivity contribution in [3.63, 3.8) is 0 Å². The second kappa shape index (κ2) is 6.36. The lowest BCUT2D eigenvalue weighted by atomic mass is 9.98. The summed E-state index contributed by atoms with van der Waals surface area (Å²) < 4.78 is 9.21. The van der Waals surface area contributed by atoms with Crippen LogP contribution in [0, 0.1) is 0 Å². The first-order chi connectivity index (χ1) is 6.96. The Balaban J connectivity index is 4.25. The Morgan fingerprint density at radius 1 is 1.40 bits per heavy atom. The van der Waals surface area contributed by atoms with Crippen LogP contribution in [0.25, 0.3) is 0 Å². The van der Waals surface area contributed by atoms with Crippen molar-refractivity contribution < 1.29 is 24.2 Å². The van der Waals surface area contributed by atoms with E-state index >= 15 is 0 Å². The third kappa shape index (κ3) is 4.75. The van der Waals surface area contributed by atoms with Crippen molar-refractivity contribution in [2.75, 3.05) is 27.4 Å². The number of hydrogen-bond acceptors (Lipinski definition) is 5. The number of esters is 1. The number of carboxylic acids is 1. The fraction of sp³-hybridized carbons (Fsp3) is 0.778. The molecule has 6 nitrogen and oxygen atoms in total. The molecule has 0 amide bonds. The van der Waals surface area contributed by atoms with Gasteiger partial charge in [0.25, 0.3) is 0 Å². The van der Waals surface area contributed by atoms with Crippen molar-refractivity contribution in [3.8, 4) is 0 Å². The molecule has 0 saturated carbocycles. The maximum atomic E-state index is 11.0. The molecule has 2 N–H and O–H groups in total. The smallest absolute Gasteiger partial charge is 0.323 e. The maximum Gasteiger partial charge on any atom is 0.323 e. The van der Waals surface area contributed by atoms with Gasteiger partial charge >= 0.3 is 11.9 Å². The normalized spacial score (nSPS) is 14.3. The monoisotopic (exact) mass is 219 g/mol. The molecular weight excluding hydrogens is 202 g/mol. The number of rotatable bonds is 7. The van der Waals surface area contributed by atoms with E-state index < -0.39 is 17.5 Å². The van der Waals surface area contributed by atoms with Crippen LogP contribution in [0.1, 0.15) is 13.3 Å². The van der Waals surface area contributed by atoms with E-state index in [1.165, 1.54) is 21.1 Å². The molecule has 0 radical (unpaired) electrons. The lowest BCUT2D eigenvalue weighted by Crippen LogP contribution is -2.52. The zero-order chi connectivity index (χ0) is 11.9. The predicted octanol–water partition coefficient (Wildman–Crippen LogP) is -0.371. The molecule has 0 aromatic rings. The molecule has 0 fully saturated rings. The van der Waals surface area contributed by atoms with Crippen LogP contribution < -0.4 is 5.32 Å². The second-order valence-electron chi connectivity index (χ2n) is 3.31. The number of nitrogens with one attached hydrogen (secondary N) is 1. The highest BCUT2D eigenvalue weighted by molar-refractivity contribution is 5.79. The first-order valence-electron chi connectivity index (χ1n) is 4.50. The molecule has 0 rings (SSSR count). The van der Waals surface area contributed by atoms with Gasteiger partial charge in [-0.1, -0.05) is 0 Å². The Morgan fingerprint density at radius 3 is 2.40 bits per heavy atom. The van der Waals surface area contributed by atoms with Crippen molar-refractivity contribution >= 4 is 11.9 Å². The molecule has 0 saturated heterocycles. The van der Waals surface area contributed by atoms with Gasteiger partial charge in [-0.05, 0) is 13.3 Å². The molecule has 0 spiro atoms. The van der Waals surface area contributed by atoms with Crippen molar-refractivity contribution in [2.24, 2.45) is 0 Å². The Morgan fingerprint density at radius 2 is 2.00 bits per heavy atom. The van der Waals surface area contributed by atoms with Gasteiger partial charge in [-0.3, -0.25) is 14.9 Å². The molecule has 1 atom stereocenters. The first-order valence-corrected chi connectivity index (χ1v) is 4.50. The molecule has 0 aliphatic rings. The summed E-state index contributed by atoms with van der Waals surface area (Å²) in [5.41, 5.74) is -1.18. The van der Waals surface area contributed by atoms with Gasteiger partial charge in [0.05, 0.1) is 13.7 Å². The topological polar surface area (TPSA) is 84.9 Å². The van der Waals surface area contributed by atoms with Gasteiger partial charge in [0.2, 0.25) is 0 Å². The van der Waals surface area contributed by atoms with Crippen molar-refractivity contribution in [2.45, 2.75) is 18.9 Å². The molecule has 0 heterocycles. The Kier molecular flexibility index (Phi) is 5.88. The molecule has 0 aliphatic heterocycles. The average molecular weight is 219 g/mol. The van der Waals surface area contributed by atoms with Crippen molar-refractivity contribution in [3.05, 3.63) is 0 Å². The molecule has 0 aromatic carbocycles. The third-order valence-corrected chi connectivity index (χ3v) is 2.13. The van der Waals surface area contributed by atoms with Crippen LogP contribution in [0.2, 0.25) is 0 Å². The highest BCUT2D eigenvalue weighted by Crippen LogP contribution is 2.09. The van der Waals surface area contributed by atoms with Crippen LogP contribution in [0.5, 0.6) is 0 Å². The van der Waals surface area contributed by atoms with E-state index in [1.807, 2.05) is 0 Å². The first kappa shape index (κ1) is 13.9. The van der Waals surface area contributed by atoms with Gasteiger partial charge in [0.15, 0.2) is 0 Å². The number of carbonyl (C=O) groups excluding carboxylic acids is 1. The zero-order valence-electron chi connectivity index (χ0n) is 9.20. The second-order valence-corrected chi connectivity index (χ2v) is 3.31. The average Bonchev–Trinajstić information content (AvgIpc) is 2.22. The van der Waals surface area contributed by atoms with Crippen molar-refractivity contribution in [1.82, 2.24) is 5.32 Å². The molecular formula is C9H17NO5. The van der Waals surface area contributed by atoms with Gasteiger partial charge in [0.1, 0.15) is 5.54 Å². The summed E-state index contributed by atoms with van der Waals surface area (Å²) in [5.74, 6) is -1.52. The minimum atomic E-state index is -1.18. The quantitative estimate of drug-likeness (QED) is 0.568. The van der Waals surface area contributed by atoms with Gasteiger partial charge in [-0.15, -0.1) is 0 Å². The molecule has 1 unspecified atom stereocenters. The zero-order valence-corrected chi connectivity index (χ0v) is 9.20. The van der Waals surface area contributed by atoms with Crippen LogP contribution in [0.3, 0.4) is 0 Å². The maximum absolute atomic E-state index is 11.0. The minimum Gasteiger partial charge on any atom is -0.480 e. The fourth-order valence-electron chi connectivity index (χ4n) is 0.917. The van der Waals surface area contributed by atoms with Crippen LogP contribution in [0.4, 0.5) is 0 Å². The molecule has 88 valence electrons. The number of hydrogen-bond donors (Lipinski definition) is 2. The number of aliphatic carboxylic acids is 1. The minimum absolute atomic E-state index is 0.136. The van der Waals surface area contributed by atoms with Crippen LogP contribution >= 0.6 is 0 Å². The van der Waals surface area contributed by atoms with E-state index in [0.717, 1.165) is 0 Å². The molecule has 15 heavy (non-hydrogen) atoms. The van der Waals surface area contributed by atoms with Crippen LogP contribution in [-0.4, -0.2) is 50.0 Å². The number of methoxy groups -OCH3 is 2. The summed E-state index contributed by atoms with van der Waals surface area (Å²) in [6, 6.07) is 0. The van der Waals surface area contributed by atoms with Gasteiger partial charge in [-0.2, -0.15) is 0 Å². The van der Waals surface area contributed by atoms with Gasteiger partial charge in [0, 0.05) is 13.7 Å². The Hall–Kier alpha value is -1.14. The molecule has 6 heteroatoms. The standard InChI is InChI=1S/C9H17NO5/c1-9(8(12)13,4-5-14-2)10-6-7(11)15-3/h10H,4-6H2,1-3H3,(H,12,13). The fourth-order valence-corrected chi connectivity index (χ4v) is 0.917. The van der Waals surface area contributed by atoms with Crippen LogP contribution in [0.15, 0.2) is 0 Å². The number of ether oxygens (including phenoxy) is 2. The summed E-state index contributed by atoms with van der Waals surface area (Å²) in [6.45, 7) is 1.66. The highest BCUT2D eigenvalue weighted by atomic mass is 16.5. The van der Waals surface area contributed by atoms with E-state index in [4.69, 9.17) is 9.84 Å². The molecule has 0 aromatic heterocycles. The number of carbonyl (C=O) groups is 2. The molecule has 0 aliphatic carbocycles. The highest BCUT2D eigenvalue weighted by Gasteiger charge is 2.32. The van der Waals surface area contributed by atoms with E-state index in [2.05, 4.69) is 10.1 Å². The molecule has 0 bridgehead atoms. The van der Waals surface area contributed by atoms with E-state index in [-0.39, 0.29) is 13.0 Å².